The largest absolute Gasteiger partial charge is 0.303 e. The van der Waals surface area contributed by atoms with Crippen LogP contribution in [0.15, 0.2) is 59.1 Å². The van der Waals surface area contributed by atoms with Crippen molar-refractivity contribution in [2.45, 2.75) is 24.7 Å². The van der Waals surface area contributed by atoms with E-state index in [1.807, 2.05) is 6.92 Å². The normalized spacial score (nSPS) is 12.5. The molecule has 2 heterocycles. The van der Waals surface area contributed by atoms with E-state index in [1.54, 1.807) is 18.3 Å². The van der Waals surface area contributed by atoms with Gasteiger partial charge in [0.05, 0.1) is 34.6 Å². The number of amides is 1. The SMILES string of the molecule is C=CCON(C(=O)c1n[nH]c2c3c(ccc12)[N]N=C3)c1ccc(S(=O)(=O)NCCCC)cc1. The van der Waals surface area contributed by atoms with Gasteiger partial charge in [-0.25, -0.2) is 13.1 Å². The predicted molar refractivity (Wildman–Crippen MR) is 125 cm³/mol. The van der Waals surface area contributed by atoms with Crippen LogP contribution in [0.25, 0.3) is 10.9 Å². The van der Waals surface area contributed by atoms with E-state index >= 15 is 0 Å². The Kier molecular flexibility index (Phi) is 6.54. The van der Waals surface area contributed by atoms with Crippen LogP contribution in [-0.2, 0) is 14.9 Å². The van der Waals surface area contributed by atoms with Crippen molar-refractivity contribution in [3.05, 3.63) is 60.3 Å². The minimum Gasteiger partial charge on any atom is -0.276 e. The summed E-state index contributed by atoms with van der Waals surface area (Å²) >= 11 is 0. The Balaban J connectivity index is 1.64. The van der Waals surface area contributed by atoms with E-state index in [2.05, 4.69) is 32.0 Å². The average molecular weight is 468 g/mol. The second-order valence-electron chi connectivity index (χ2n) is 7.27. The molecule has 3 aromatic rings. The Bertz CT molecular complexity index is 1310. The standard InChI is InChI=1S/C22H23N6O4S/c1-3-5-12-24-33(30,31)16-8-6-15(7-9-16)28(32-13-4-2)22(29)21-17-10-11-19-18(14-23-25-19)20(17)26-27-21/h4,6-11,14,24H,2-3,5,12-13H2,1H3,(H,26,27). The topological polar surface area (TPSA) is 131 Å². The van der Waals surface area contributed by atoms with Crippen LogP contribution in [0.4, 0.5) is 11.4 Å². The molecule has 2 aromatic carbocycles. The van der Waals surface area contributed by atoms with Crippen molar-refractivity contribution < 1.29 is 18.0 Å². The summed E-state index contributed by atoms with van der Waals surface area (Å²) < 4.78 is 27.5. The molecule has 0 spiro atoms. The van der Waals surface area contributed by atoms with Gasteiger partial charge in [0, 0.05) is 17.5 Å². The summed E-state index contributed by atoms with van der Waals surface area (Å²) in [4.78, 5) is 19.1. The third-order valence-electron chi connectivity index (χ3n) is 5.02. The number of hydrogen-bond acceptors (Lipinski definition) is 6. The zero-order valence-corrected chi connectivity index (χ0v) is 18.8. The van der Waals surface area contributed by atoms with Crippen LogP contribution in [0, 0.1) is 0 Å². The number of nitrogens with zero attached hydrogens (tertiary/aromatic N) is 4. The van der Waals surface area contributed by atoms with Crippen molar-refractivity contribution in [3.8, 4) is 0 Å². The Morgan fingerprint density at radius 1 is 1.24 bits per heavy atom. The van der Waals surface area contributed by atoms with Crippen molar-refractivity contribution in [1.29, 1.82) is 0 Å². The molecule has 0 unspecified atom stereocenters. The second kappa shape index (κ2) is 9.53. The highest BCUT2D eigenvalue weighted by Gasteiger charge is 2.26. The van der Waals surface area contributed by atoms with E-state index in [0.29, 0.717) is 28.8 Å². The molecule has 1 aliphatic heterocycles. The molecule has 1 radical (unpaired) electrons. The fourth-order valence-corrected chi connectivity index (χ4v) is 4.40. The molecule has 10 nitrogen and oxygen atoms in total. The molecule has 1 aromatic heterocycles. The van der Waals surface area contributed by atoms with Crippen LogP contribution in [0.2, 0.25) is 0 Å². The molecule has 11 heteroatoms. The van der Waals surface area contributed by atoms with Gasteiger partial charge in [-0.3, -0.25) is 14.7 Å². The number of anilines is 1. The maximum atomic E-state index is 13.4. The minimum atomic E-state index is -3.64. The first kappa shape index (κ1) is 22.6. The zero-order chi connectivity index (χ0) is 23.4. The Morgan fingerprint density at radius 2 is 2.03 bits per heavy atom. The number of fused-ring (bicyclic) bond motifs is 3. The third kappa shape index (κ3) is 4.51. The number of hydrogen-bond donors (Lipinski definition) is 2. The molecule has 0 bridgehead atoms. The number of aromatic amines is 1. The first-order valence-corrected chi connectivity index (χ1v) is 11.9. The fourth-order valence-electron chi connectivity index (χ4n) is 3.33. The van der Waals surface area contributed by atoms with E-state index in [9.17, 15) is 13.2 Å². The monoisotopic (exact) mass is 467 g/mol. The first-order valence-electron chi connectivity index (χ1n) is 10.4. The number of carbonyl (C=O) groups is 1. The van der Waals surface area contributed by atoms with Crippen LogP contribution in [0.5, 0.6) is 0 Å². The number of hydroxylamine groups is 1. The van der Waals surface area contributed by atoms with E-state index in [1.165, 1.54) is 30.3 Å². The van der Waals surface area contributed by atoms with Gasteiger partial charge in [-0.2, -0.15) is 20.7 Å². The summed E-state index contributed by atoms with van der Waals surface area (Å²) in [6.45, 7) is 6.03. The van der Waals surface area contributed by atoms with Gasteiger partial charge in [0.25, 0.3) is 0 Å². The van der Waals surface area contributed by atoms with Crippen molar-refractivity contribution in [2.24, 2.45) is 5.10 Å². The van der Waals surface area contributed by atoms with E-state index in [-0.39, 0.29) is 17.2 Å². The Morgan fingerprint density at radius 3 is 2.76 bits per heavy atom. The van der Waals surface area contributed by atoms with Gasteiger partial charge >= 0.3 is 5.91 Å². The first-order chi connectivity index (χ1) is 16.0. The van der Waals surface area contributed by atoms with Crippen molar-refractivity contribution in [2.75, 3.05) is 18.2 Å². The number of rotatable bonds is 10. The van der Waals surface area contributed by atoms with E-state index in [4.69, 9.17) is 4.84 Å². The smallest absolute Gasteiger partial charge is 0.276 e. The number of sulfonamides is 1. The van der Waals surface area contributed by atoms with Crippen molar-refractivity contribution in [1.82, 2.24) is 20.3 Å². The van der Waals surface area contributed by atoms with Gasteiger partial charge < -0.3 is 0 Å². The van der Waals surface area contributed by atoms with Crippen molar-refractivity contribution >= 4 is 44.4 Å². The molecule has 0 aliphatic carbocycles. The molecule has 4 rings (SSSR count). The molecule has 0 fully saturated rings. The highest BCUT2D eigenvalue weighted by molar-refractivity contribution is 7.89. The lowest BCUT2D eigenvalue weighted by Gasteiger charge is -2.21. The molecule has 0 atom stereocenters. The quantitative estimate of drug-likeness (QED) is 0.269. The zero-order valence-electron chi connectivity index (χ0n) is 18.0. The van der Waals surface area contributed by atoms with Gasteiger partial charge in [0.2, 0.25) is 10.0 Å². The molecule has 2 N–H and O–H groups in total. The molecular formula is C22H23N6O4S. The molecule has 1 aliphatic rings. The lowest BCUT2D eigenvalue weighted by Crippen LogP contribution is -2.32. The van der Waals surface area contributed by atoms with Gasteiger partial charge in [-0.05, 0) is 42.8 Å². The van der Waals surface area contributed by atoms with Gasteiger partial charge in [0.15, 0.2) is 5.69 Å². The third-order valence-corrected chi connectivity index (χ3v) is 6.50. The number of benzene rings is 2. The molecule has 33 heavy (non-hydrogen) atoms. The molecule has 171 valence electrons. The summed E-state index contributed by atoms with van der Waals surface area (Å²) in [5.74, 6) is -0.522. The number of unbranched alkanes of at least 4 members (excludes halogenated alkanes) is 1. The van der Waals surface area contributed by atoms with Crippen LogP contribution in [-0.4, -0.2) is 43.9 Å². The molecule has 0 saturated heterocycles. The number of H-pyrrole nitrogens is 1. The minimum absolute atomic E-state index is 0.0631. The average Bonchev–Trinajstić information content (AvgIpc) is 3.46. The molecular weight excluding hydrogens is 444 g/mol. The Labute approximate surface area is 191 Å². The lowest BCUT2D eigenvalue weighted by molar-refractivity contribution is 0.0709. The second-order valence-corrected chi connectivity index (χ2v) is 9.03. The van der Waals surface area contributed by atoms with Crippen molar-refractivity contribution in [3.63, 3.8) is 0 Å². The fraction of sp³-hybridized carbons (Fsp3) is 0.227. The summed E-state index contributed by atoms with van der Waals surface area (Å²) in [6.07, 6.45) is 4.73. The van der Waals surface area contributed by atoms with E-state index in [0.717, 1.165) is 23.5 Å². The molecule has 1 amide bonds. The van der Waals surface area contributed by atoms with Crippen LogP contribution < -0.4 is 15.2 Å². The summed E-state index contributed by atoms with van der Waals surface area (Å²) in [6, 6.07) is 9.37. The van der Waals surface area contributed by atoms with Gasteiger partial charge in [-0.15, -0.1) is 6.58 Å². The van der Waals surface area contributed by atoms with Crippen LogP contribution >= 0.6 is 0 Å². The van der Waals surface area contributed by atoms with E-state index < -0.39 is 15.9 Å². The summed E-state index contributed by atoms with van der Waals surface area (Å²) in [5.41, 5.74) is 6.60. The van der Waals surface area contributed by atoms with Crippen LogP contribution in [0.3, 0.4) is 0 Å². The summed E-state index contributed by atoms with van der Waals surface area (Å²) in [7, 11) is -3.64. The van der Waals surface area contributed by atoms with Crippen LogP contribution in [0.1, 0.15) is 35.8 Å². The predicted octanol–water partition coefficient (Wildman–Crippen LogP) is 2.99. The number of nitrogens with one attached hydrogen (secondary N) is 2. The van der Waals surface area contributed by atoms with Gasteiger partial charge in [-0.1, -0.05) is 19.4 Å². The highest BCUT2D eigenvalue weighted by Crippen LogP contribution is 2.30. The number of carbonyl (C=O) groups excluding carboxylic acids is 1. The summed E-state index contributed by atoms with van der Waals surface area (Å²) in [5, 5.41) is 12.6. The lowest BCUT2D eigenvalue weighted by atomic mass is 10.1. The maximum absolute atomic E-state index is 13.4. The molecule has 0 saturated carbocycles. The highest BCUT2D eigenvalue weighted by atomic mass is 32.2. The van der Waals surface area contributed by atoms with Gasteiger partial charge in [0.1, 0.15) is 0 Å². The number of aromatic nitrogens is 2. The Hall–Kier alpha value is -3.54. The maximum Gasteiger partial charge on any atom is 0.303 e.